The van der Waals surface area contributed by atoms with Gasteiger partial charge < -0.3 is 25.6 Å². The lowest BCUT2D eigenvalue weighted by atomic mass is 10.2. The van der Waals surface area contributed by atoms with E-state index in [1.165, 1.54) is 0 Å². The lowest BCUT2D eigenvalue weighted by Gasteiger charge is -2.08. The minimum atomic E-state index is 0.152. The first-order chi connectivity index (χ1) is 10.6. The summed E-state index contributed by atoms with van der Waals surface area (Å²) in [6.07, 6.45) is 0. The quantitative estimate of drug-likeness (QED) is 0.582. The van der Waals surface area contributed by atoms with Gasteiger partial charge in [0.15, 0.2) is 5.96 Å². The zero-order chi connectivity index (χ0) is 15.9. The maximum atomic E-state index is 9.80. The maximum Gasteiger partial charge on any atom is 0.193 e. The van der Waals surface area contributed by atoms with Gasteiger partial charge in [0.05, 0.1) is 20.8 Å². The van der Waals surface area contributed by atoms with Gasteiger partial charge in [-0.1, -0.05) is 6.07 Å². The van der Waals surface area contributed by atoms with Gasteiger partial charge in [-0.15, -0.1) is 0 Å². The van der Waals surface area contributed by atoms with E-state index in [0.717, 1.165) is 11.4 Å². The summed E-state index contributed by atoms with van der Waals surface area (Å²) in [4.78, 5) is 4.21. The molecule has 0 atom stereocenters. The van der Waals surface area contributed by atoms with Crippen molar-refractivity contribution in [1.82, 2.24) is 0 Å². The largest absolute Gasteiger partial charge is 0.508 e. The number of nitrogens with zero attached hydrogens (tertiary/aromatic N) is 1. The Hall–Kier alpha value is -2.89. The Labute approximate surface area is 129 Å². The van der Waals surface area contributed by atoms with Crippen LogP contribution in [0, 0.1) is 0 Å². The molecule has 116 valence electrons. The summed E-state index contributed by atoms with van der Waals surface area (Å²) >= 11 is 0. The number of anilines is 1. The molecule has 0 aliphatic heterocycles. The fourth-order valence-electron chi connectivity index (χ4n) is 1.87. The van der Waals surface area contributed by atoms with E-state index in [-0.39, 0.29) is 18.3 Å². The summed E-state index contributed by atoms with van der Waals surface area (Å²) in [5.74, 6) is 1.78. The molecule has 0 spiro atoms. The van der Waals surface area contributed by atoms with Gasteiger partial charge in [0.1, 0.15) is 17.2 Å². The highest BCUT2D eigenvalue weighted by molar-refractivity contribution is 5.92. The molecule has 0 amide bonds. The molecule has 0 aromatic heterocycles. The molecule has 4 N–H and O–H groups in total. The summed E-state index contributed by atoms with van der Waals surface area (Å²) in [5, 5.41) is 12.8. The molecular formula is C16H19N3O3. The van der Waals surface area contributed by atoms with E-state index < -0.39 is 0 Å². The van der Waals surface area contributed by atoms with Gasteiger partial charge in [-0.3, -0.25) is 0 Å². The molecule has 0 aliphatic rings. The average Bonchev–Trinajstić information content (AvgIpc) is 2.54. The number of nitrogens with one attached hydrogen (secondary N) is 1. The molecule has 2 aromatic carbocycles. The molecule has 22 heavy (non-hydrogen) atoms. The molecule has 0 saturated heterocycles. The second-order valence-corrected chi connectivity index (χ2v) is 4.55. The summed E-state index contributed by atoms with van der Waals surface area (Å²) in [6.45, 7) is 0.242. The van der Waals surface area contributed by atoms with Crippen LogP contribution in [0.1, 0.15) is 5.56 Å². The SMILES string of the molecule is COc1cccc(NC(N)=NCc2cc(OC)ccc2O)c1. The highest BCUT2D eigenvalue weighted by atomic mass is 16.5. The normalized spacial score (nSPS) is 11.1. The van der Waals surface area contributed by atoms with E-state index in [1.807, 2.05) is 24.3 Å². The average molecular weight is 301 g/mol. The molecule has 0 heterocycles. The number of aromatic hydroxyl groups is 1. The van der Waals surface area contributed by atoms with Gasteiger partial charge in [-0.2, -0.15) is 0 Å². The number of rotatable bonds is 5. The molecule has 0 aliphatic carbocycles. The van der Waals surface area contributed by atoms with Gasteiger partial charge in [-0.05, 0) is 30.3 Å². The minimum Gasteiger partial charge on any atom is -0.508 e. The number of benzene rings is 2. The zero-order valence-electron chi connectivity index (χ0n) is 12.5. The van der Waals surface area contributed by atoms with Crippen molar-refractivity contribution in [2.75, 3.05) is 19.5 Å². The minimum absolute atomic E-state index is 0.152. The van der Waals surface area contributed by atoms with E-state index in [1.54, 1.807) is 32.4 Å². The number of phenolic OH excluding ortho intramolecular Hbond substituents is 1. The standard InChI is InChI=1S/C16H19N3O3/c1-21-13-5-3-4-12(9-13)19-16(17)18-10-11-8-14(22-2)6-7-15(11)20/h3-9,20H,10H2,1-2H3,(H3,17,18,19). The van der Waals surface area contributed by atoms with Crippen LogP contribution in [0.3, 0.4) is 0 Å². The Kier molecular flexibility index (Phi) is 5.08. The molecule has 6 heteroatoms. The Morgan fingerprint density at radius 1 is 1.14 bits per heavy atom. The van der Waals surface area contributed by atoms with Gasteiger partial charge in [-0.25, -0.2) is 4.99 Å². The molecule has 0 unspecified atom stereocenters. The smallest absolute Gasteiger partial charge is 0.193 e. The topological polar surface area (TPSA) is 89.1 Å². The van der Waals surface area contributed by atoms with Gasteiger partial charge >= 0.3 is 0 Å². The first kappa shape index (κ1) is 15.5. The number of hydrogen-bond acceptors (Lipinski definition) is 4. The lowest BCUT2D eigenvalue weighted by Crippen LogP contribution is -2.22. The van der Waals surface area contributed by atoms with Gasteiger partial charge in [0.2, 0.25) is 0 Å². The van der Waals surface area contributed by atoms with Crippen LogP contribution in [0.25, 0.3) is 0 Å². The first-order valence-corrected chi connectivity index (χ1v) is 6.69. The molecule has 6 nitrogen and oxygen atoms in total. The van der Waals surface area contributed by atoms with Crippen molar-refractivity contribution in [1.29, 1.82) is 0 Å². The Bertz CT molecular complexity index is 671. The molecule has 0 fully saturated rings. The third-order valence-corrected chi connectivity index (χ3v) is 3.05. The third-order valence-electron chi connectivity index (χ3n) is 3.05. The maximum absolute atomic E-state index is 9.80. The monoisotopic (exact) mass is 301 g/mol. The lowest BCUT2D eigenvalue weighted by molar-refractivity contribution is 0.411. The third kappa shape index (κ3) is 4.05. The number of methoxy groups -OCH3 is 2. The summed E-state index contributed by atoms with van der Waals surface area (Å²) < 4.78 is 10.3. The van der Waals surface area contributed by atoms with E-state index in [9.17, 15) is 5.11 Å². The molecule has 0 bridgehead atoms. The summed E-state index contributed by atoms with van der Waals surface area (Å²) in [6, 6.07) is 12.3. The van der Waals surface area contributed by atoms with Crippen molar-refractivity contribution in [3.8, 4) is 17.2 Å². The number of aliphatic imine (C=N–C) groups is 1. The van der Waals surface area contributed by atoms with E-state index >= 15 is 0 Å². The van der Waals surface area contributed by atoms with Crippen LogP contribution in [0.5, 0.6) is 17.2 Å². The van der Waals surface area contributed by atoms with Crippen molar-refractivity contribution < 1.29 is 14.6 Å². The second-order valence-electron chi connectivity index (χ2n) is 4.55. The zero-order valence-corrected chi connectivity index (χ0v) is 12.5. The van der Waals surface area contributed by atoms with E-state index in [0.29, 0.717) is 11.3 Å². The van der Waals surface area contributed by atoms with Crippen LogP contribution < -0.4 is 20.5 Å². The summed E-state index contributed by atoms with van der Waals surface area (Å²) in [7, 11) is 3.17. The molecular weight excluding hydrogens is 282 g/mol. The van der Waals surface area contributed by atoms with E-state index in [2.05, 4.69) is 10.3 Å². The predicted octanol–water partition coefficient (Wildman–Crippen LogP) is 2.34. The van der Waals surface area contributed by atoms with Crippen molar-refractivity contribution in [3.63, 3.8) is 0 Å². The van der Waals surface area contributed by atoms with Crippen LogP contribution in [0.2, 0.25) is 0 Å². The number of ether oxygens (including phenoxy) is 2. The van der Waals surface area contributed by atoms with Crippen molar-refractivity contribution >= 4 is 11.6 Å². The number of nitrogens with two attached hydrogens (primary N) is 1. The Balaban J connectivity index is 2.06. The van der Waals surface area contributed by atoms with Crippen LogP contribution in [0.15, 0.2) is 47.5 Å². The number of guanidine groups is 1. The Morgan fingerprint density at radius 3 is 2.59 bits per heavy atom. The van der Waals surface area contributed by atoms with Gasteiger partial charge in [0, 0.05) is 17.3 Å². The van der Waals surface area contributed by atoms with Crippen LogP contribution >= 0.6 is 0 Å². The van der Waals surface area contributed by atoms with E-state index in [4.69, 9.17) is 15.2 Å². The highest BCUT2D eigenvalue weighted by Gasteiger charge is 2.03. The fourth-order valence-corrected chi connectivity index (χ4v) is 1.87. The number of phenols is 1. The number of hydrogen-bond donors (Lipinski definition) is 3. The molecule has 0 saturated carbocycles. The Morgan fingerprint density at radius 2 is 1.86 bits per heavy atom. The van der Waals surface area contributed by atoms with Crippen molar-refractivity contribution in [2.24, 2.45) is 10.7 Å². The van der Waals surface area contributed by atoms with Crippen LogP contribution in [-0.4, -0.2) is 25.3 Å². The van der Waals surface area contributed by atoms with Gasteiger partial charge in [0.25, 0.3) is 0 Å². The molecule has 2 rings (SSSR count). The van der Waals surface area contributed by atoms with Crippen molar-refractivity contribution in [2.45, 2.75) is 6.54 Å². The first-order valence-electron chi connectivity index (χ1n) is 6.69. The molecule has 2 aromatic rings. The summed E-state index contributed by atoms with van der Waals surface area (Å²) in [5.41, 5.74) is 7.26. The van der Waals surface area contributed by atoms with Crippen molar-refractivity contribution in [3.05, 3.63) is 48.0 Å². The fraction of sp³-hybridized carbons (Fsp3) is 0.188. The predicted molar refractivity (Wildman–Crippen MR) is 86.6 cm³/mol. The second kappa shape index (κ2) is 7.21. The molecule has 0 radical (unpaired) electrons. The van der Waals surface area contributed by atoms with Crippen LogP contribution in [-0.2, 0) is 6.54 Å². The highest BCUT2D eigenvalue weighted by Crippen LogP contribution is 2.23. The van der Waals surface area contributed by atoms with Crippen LogP contribution in [0.4, 0.5) is 5.69 Å².